The number of alkyl halides is 4. The van der Waals surface area contributed by atoms with Gasteiger partial charge >= 0.3 is 6.18 Å². The lowest BCUT2D eigenvalue weighted by atomic mass is 9.81. The molecule has 0 radical (unpaired) electrons. The van der Waals surface area contributed by atoms with Crippen molar-refractivity contribution in [3.05, 3.63) is 35.8 Å². The Labute approximate surface area is 219 Å². The van der Waals surface area contributed by atoms with Gasteiger partial charge in [-0.1, -0.05) is 6.07 Å². The van der Waals surface area contributed by atoms with Crippen molar-refractivity contribution in [1.82, 2.24) is 25.0 Å². The monoisotopic (exact) mass is 541 g/mol. The number of nitrogens with zero attached hydrogens (tertiary/aromatic N) is 4. The molecular formula is C26H35F4N5O3. The molecule has 2 aliphatic rings. The van der Waals surface area contributed by atoms with Gasteiger partial charge in [-0.2, -0.15) is 18.3 Å². The highest BCUT2D eigenvalue weighted by Crippen LogP contribution is 2.35. The maximum Gasteiger partial charge on any atom is 0.425 e. The van der Waals surface area contributed by atoms with Crippen LogP contribution in [0.25, 0.3) is 0 Å². The number of carbonyl (C=O) groups excluding carboxylic acids is 1. The molecule has 0 saturated heterocycles. The lowest BCUT2D eigenvalue weighted by Gasteiger charge is -2.35. The molecule has 1 N–H and O–H groups in total. The van der Waals surface area contributed by atoms with Gasteiger partial charge in [-0.3, -0.25) is 9.48 Å². The molecule has 1 aliphatic carbocycles. The van der Waals surface area contributed by atoms with Crippen molar-refractivity contribution < 1.29 is 31.8 Å². The Morgan fingerprint density at radius 1 is 1.24 bits per heavy atom. The summed E-state index contributed by atoms with van der Waals surface area (Å²) in [6.45, 7) is 2.84. The predicted molar refractivity (Wildman–Crippen MR) is 132 cm³/mol. The molecule has 0 aromatic carbocycles. The topological polar surface area (TPSA) is 81.5 Å². The third-order valence-electron chi connectivity index (χ3n) is 7.34. The van der Waals surface area contributed by atoms with Crippen LogP contribution in [0.2, 0.25) is 0 Å². The van der Waals surface area contributed by atoms with Crippen molar-refractivity contribution >= 4 is 5.91 Å². The smallest absolute Gasteiger partial charge is 0.425 e. The van der Waals surface area contributed by atoms with E-state index in [-0.39, 0.29) is 24.4 Å². The van der Waals surface area contributed by atoms with Crippen LogP contribution in [0.3, 0.4) is 0 Å². The van der Waals surface area contributed by atoms with E-state index in [1.54, 1.807) is 24.0 Å². The van der Waals surface area contributed by atoms with Gasteiger partial charge in [-0.25, -0.2) is 9.37 Å². The molecule has 3 heterocycles. The van der Waals surface area contributed by atoms with Crippen molar-refractivity contribution in [1.29, 1.82) is 0 Å². The van der Waals surface area contributed by atoms with E-state index in [9.17, 15) is 18.0 Å². The van der Waals surface area contributed by atoms with Crippen molar-refractivity contribution in [2.45, 2.75) is 75.9 Å². The van der Waals surface area contributed by atoms with Crippen LogP contribution in [0.5, 0.6) is 11.6 Å². The molecule has 0 spiro atoms. The van der Waals surface area contributed by atoms with Gasteiger partial charge in [0, 0.05) is 50.9 Å². The maximum atomic E-state index is 15.6. The van der Waals surface area contributed by atoms with Crippen molar-refractivity contribution in [3.63, 3.8) is 0 Å². The number of ether oxygens (including phenoxy) is 2. The van der Waals surface area contributed by atoms with E-state index in [4.69, 9.17) is 9.47 Å². The van der Waals surface area contributed by atoms with Crippen molar-refractivity contribution in [2.24, 2.45) is 7.05 Å². The second-order valence-corrected chi connectivity index (χ2v) is 10.3. The summed E-state index contributed by atoms with van der Waals surface area (Å²) in [5.41, 5.74) is 0.441. The lowest BCUT2D eigenvalue weighted by molar-refractivity contribution is -0.190. The summed E-state index contributed by atoms with van der Waals surface area (Å²) < 4.78 is 66.0. The number of aryl methyl sites for hydroxylation is 1. The minimum atomic E-state index is -4.45. The highest BCUT2D eigenvalue weighted by Gasteiger charge is 2.38. The lowest BCUT2D eigenvalue weighted by Crippen LogP contribution is -2.44. The quantitative estimate of drug-likeness (QED) is 0.487. The second kappa shape index (κ2) is 11.9. The highest BCUT2D eigenvalue weighted by molar-refractivity contribution is 5.77. The van der Waals surface area contributed by atoms with Crippen LogP contribution in [-0.2, 0) is 24.7 Å². The molecule has 2 aromatic heterocycles. The van der Waals surface area contributed by atoms with Gasteiger partial charge in [-0.15, -0.1) is 0 Å². The number of fused-ring (bicyclic) bond motifs is 1. The fourth-order valence-corrected chi connectivity index (χ4v) is 4.93. The molecule has 1 aliphatic heterocycles. The molecule has 0 bridgehead atoms. The summed E-state index contributed by atoms with van der Waals surface area (Å²) in [5, 5.41) is 6.92. The normalized spacial score (nSPS) is 23.3. The second-order valence-electron chi connectivity index (χ2n) is 10.3. The van der Waals surface area contributed by atoms with Crippen LogP contribution in [-0.4, -0.2) is 75.8 Å². The number of carbonyl (C=O) groups is 1. The Morgan fingerprint density at radius 2 is 1.97 bits per heavy atom. The summed E-state index contributed by atoms with van der Waals surface area (Å²) >= 11 is 0. The van der Waals surface area contributed by atoms with Gasteiger partial charge in [0.25, 0.3) is 5.91 Å². The zero-order valence-electron chi connectivity index (χ0n) is 21.8. The number of hydrogen-bond donors (Lipinski definition) is 1. The minimum absolute atomic E-state index is 0.0303. The van der Waals surface area contributed by atoms with E-state index in [1.165, 1.54) is 12.3 Å². The van der Waals surface area contributed by atoms with Gasteiger partial charge < -0.3 is 19.7 Å². The predicted octanol–water partition coefficient (Wildman–Crippen LogP) is 3.78. The number of amides is 1. The molecule has 4 rings (SSSR count). The fraction of sp³-hybridized carbons (Fsp3) is 0.654. The largest absolute Gasteiger partial charge is 0.480 e. The average molecular weight is 542 g/mol. The van der Waals surface area contributed by atoms with Crippen LogP contribution < -0.4 is 14.8 Å². The molecule has 38 heavy (non-hydrogen) atoms. The van der Waals surface area contributed by atoms with Gasteiger partial charge in [0.05, 0.1) is 12.4 Å². The number of pyridine rings is 1. The molecule has 210 valence electrons. The summed E-state index contributed by atoms with van der Waals surface area (Å²) in [6.07, 6.45) is 0.418. The third kappa shape index (κ3) is 7.81. The first kappa shape index (κ1) is 28.1. The molecular weight excluding hydrogens is 506 g/mol. The Morgan fingerprint density at radius 3 is 2.66 bits per heavy atom. The molecule has 1 fully saturated rings. The van der Waals surface area contributed by atoms with E-state index in [1.807, 2.05) is 0 Å². The zero-order valence-corrected chi connectivity index (χ0v) is 21.8. The summed E-state index contributed by atoms with van der Waals surface area (Å²) in [5.74, 6) is 0.257. The Kier molecular flexibility index (Phi) is 8.79. The third-order valence-corrected chi connectivity index (χ3v) is 7.34. The molecule has 1 atom stereocenters. The van der Waals surface area contributed by atoms with Gasteiger partial charge in [0.1, 0.15) is 5.67 Å². The van der Waals surface area contributed by atoms with Gasteiger partial charge in [0.15, 0.2) is 18.5 Å². The Hall–Kier alpha value is -2.89. The highest BCUT2D eigenvalue weighted by atomic mass is 19.4. The first-order valence-electron chi connectivity index (χ1n) is 13.0. The number of hydrogen-bond acceptors (Lipinski definition) is 6. The van der Waals surface area contributed by atoms with E-state index in [0.29, 0.717) is 63.8 Å². The van der Waals surface area contributed by atoms with Gasteiger partial charge in [-0.05, 0) is 51.0 Å². The van der Waals surface area contributed by atoms with Crippen LogP contribution >= 0.6 is 0 Å². The van der Waals surface area contributed by atoms with Crippen molar-refractivity contribution in [3.8, 4) is 11.6 Å². The fourth-order valence-electron chi connectivity index (χ4n) is 4.93. The van der Waals surface area contributed by atoms with E-state index in [0.717, 1.165) is 24.7 Å². The SMILES string of the molecule is C[C@@H](Oc1ccc2c(n1)CCN(CCC1(F)CCC(NC(=O)COc3cnn(C)c3)CC1)CC2)C(F)(F)F. The summed E-state index contributed by atoms with van der Waals surface area (Å²) in [6, 6.07) is 3.19. The summed E-state index contributed by atoms with van der Waals surface area (Å²) in [4.78, 5) is 18.7. The summed E-state index contributed by atoms with van der Waals surface area (Å²) in [7, 11) is 1.76. The van der Waals surface area contributed by atoms with Crippen LogP contribution in [0.15, 0.2) is 24.5 Å². The zero-order chi connectivity index (χ0) is 27.3. The Balaban J connectivity index is 1.18. The minimum Gasteiger partial charge on any atom is -0.480 e. The van der Waals surface area contributed by atoms with E-state index < -0.39 is 17.9 Å². The number of rotatable bonds is 9. The number of nitrogens with one attached hydrogen (secondary N) is 1. The van der Waals surface area contributed by atoms with Crippen LogP contribution in [0, 0.1) is 0 Å². The van der Waals surface area contributed by atoms with E-state index in [2.05, 4.69) is 20.3 Å². The Bertz CT molecular complexity index is 1090. The molecule has 1 saturated carbocycles. The number of halogens is 4. The molecule has 12 heteroatoms. The molecule has 1 amide bonds. The van der Waals surface area contributed by atoms with Crippen molar-refractivity contribution in [2.75, 3.05) is 26.2 Å². The first-order valence-corrected chi connectivity index (χ1v) is 13.0. The standard InChI is InChI=1S/C26H35F4N5O3/c1-18(26(28,29)30)38-24-4-3-19-7-12-35(13-8-22(19)33-24)14-11-25(27)9-5-20(6-10-25)32-23(36)17-37-21-15-31-34(2)16-21/h3-4,15-16,18,20H,5-14,17H2,1-2H3,(H,32,36)/t18-,20?,25?/m1/s1. The number of aromatic nitrogens is 3. The van der Waals surface area contributed by atoms with Gasteiger partial charge in [0.2, 0.25) is 5.88 Å². The molecule has 2 aromatic rings. The van der Waals surface area contributed by atoms with E-state index >= 15 is 4.39 Å². The molecule has 8 nitrogen and oxygen atoms in total. The maximum absolute atomic E-state index is 15.6. The molecule has 0 unspecified atom stereocenters. The van der Waals surface area contributed by atoms with Crippen LogP contribution in [0.1, 0.15) is 50.3 Å². The first-order chi connectivity index (χ1) is 18.0. The average Bonchev–Trinajstić information content (AvgIpc) is 3.18. The van der Waals surface area contributed by atoms with Crippen LogP contribution in [0.4, 0.5) is 17.6 Å².